The Morgan fingerprint density at radius 3 is 1.73 bits per heavy atom. The molecule has 2 aromatic rings. The molecule has 1 N–H and O–H groups in total. The Bertz CT molecular complexity index is 607. The van der Waals surface area contributed by atoms with E-state index in [4.69, 9.17) is 4.43 Å². The summed E-state index contributed by atoms with van der Waals surface area (Å²) in [5.74, 6) is 0.452. The van der Waals surface area contributed by atoms with Crippen LogP contribution in [0.1, 0.15) is 47.5 Å². The van der Waals surface area contributed by atoms with Crippen LogP contribution in [0, 0.1) is 5.92 Å². The minimum absolute atomic E-state index is 0.0171. The third kappa shape index (κ3) is 4.85. The largest absolute Gasteiger partial charge is 0.407 e. The van der Waals surface area contributed by atoms with Crippen molar-refractivity contribution >= 4 is 18.7 Å². The van der Waals surface area contributed by atoms with E-state index in [1.165, 1.54) is 10.4 Å². The average Bonchev–Trinajstić information content (AvgIpc) is 2.58. The second kappa shape index (κ2) is 8.98. The van der Waals surface area contributed by atoms with Gasteiger partial charge < -0.3 is 9.53 Å². The lowest BCUT2D eigenvalue weighted by molar-refractivity contribution is 0.154. The van der Waals surface area contributed by atoms with Crippen LogP contribution >= 0.6 is 0 Å². The van der Waals surface area contributed by atoms with E-state index in [1.807, 2.05) is 6.92 Å². The molecule has 0 aliphatic rings. The highest BCUT2D eigenvalue weighted by atomic mass is 28.4. The summed E-state index contributed by atoms with van der Waals surface area (Å²) in [5.41, 5.74) is 0. The van der Waals surface area contributed by atoms with Crippen LogP contribution in [0.5, 0.6) is 0 Å². The molecule has 2 aromatic carbocycles. The Hall–Kier alpha value is -1.42. The molecule has 0 aromatic heterocycles. The van der Waals surface area contributed by atoms with Gasteiger partial charge in [-0.05, 0) is 41.1 Å². The van der Waals surface area contributed by atoms with Crippen molar-refractivity contribution in [2.75, 3.05) is 6.61 Å². The summed E-state index contributed by atoms with van der Waals surface area (Å²) in [6.45, 7) is 11.7. The van der Waals surface area contributed by atoms with Gasteiger partial charge in [0.05, 0.1) is 6.10 Å². The average molecular weight is 371 g/mol. The molecule has 3 heteroatoms. The molecule has 0 amide bonds. The van der Waals surface area contributed by atoms with E-state index in [0.29, 0.717) is 5.92 Å². The van der Waals surface area contributed by atoms with Gasteiger partial charge in [-0.25, -0.2) is 0 Å². The molecule has 2 atom stereocenters. The van der Waals surface area contributed by atoms with Crippen molar-refractivity contribution in [3.8, 4) is 0 Å². The molecule has 0 saturated heterocycles. The number of aliphatic hydroxyl groups is 1. The Kier molecular flexibility index (Phi) is 7.21. The molecule has 142 valence electrons. The molecule has 0 heterocycles. The minimum atomic E-state index is -2.42. The first-order chi connectivity index (χ1) is 12.3. The van der Waals surface area contributed by atoms with Gasteiger partial charge in [0, 0.05) is 6.61 Å². The van der Waals surface area contributed by atoms with Gasteiger partial charge in [-0.3, -0.25) is 0 Å². The summed E-state index contributed by atoms with van der Waals surface area (Å²) in [6.07, 6.45) is 1.54. The van der Waals surface area contributed by atoms with Crippen molar-refractivity contribution in [3.63, 3.8) is 0 Å². The Morgan fingerprint density at radius 2 is 1.35 bits per heavy atom. The van der Waals surface area contributed by atoms with Gasteiger partial charge >= 0.3 is 0 Å². The molecule has 0 saturated carbocycles. The predicted molar refractivity (Wildman–Crippen MR) is 114 cm³/mol. The second-order valence-corrected chi connectivity index (χ2v) is 12.8. The molecule has 2 rings (SSSR count). The number of hydrogen-bond donors (Lipinski definition) is 1. The van der Waals surface area contributed by atoms with E-state index in [1.54, 1.807) is 0 Å². The van der Waals surface area contributed by atoms with Crippen LogP contribution in [0.2, 0.25) is 5.04 Å². The van der Waals surface area contributed by atoms with Crippen molar-refractivity contribution in [1.82, 2.24) is 0 Å². The molecule has 0 bridgehead atoms. The first kappa shape index (κ1) is 20.9. The van der Waals surface area contributed by atoms with Crippen molar-refractivity contribution in [3.05, 3.63) is 60.7 Å². The molecule has 2 nitrogen and oxygen atoms in total. The van der Waals surface area contributed by atoms with E-state index in [0.717, 1.165) is 19.4 Å². The highest BCUT2D eigenvalue weighted by Crippen LogP contribution is 2.37. The first-order valence-electron chi connectivity index (χ1n) is 9.70. The zero-order valence-electron chi connectivity index (χ0n) is 16.9. The van der Waals surface area contributed by atoms with Gasteiger partial charge in [0.1, 0.15) is 0 Å². The predicted octanol–water partition coefficient (Wildman–Crippen LogP) is 4.36. The van der Waals surface area contributed by atoms with Crippen molar-refractivity contribution in [2.24, 2.45) is 5.92 Å². The van der Waals surface area contributed by atoms with Gasteiger partial charge in [-0.1, -0.05) is 88.4 Å². The van der Waals surface area contributed by atoms with Crippen LogP contribution in [-0.4, -0.2) is 26.1 Å². The molecular weight excluding hydrogens is 336 g/mol. The number of hydrogen-bond acceptors (Lipinski definition) is 2. The van der Waals surface area contributed by atoms with Crippen LogP contribution in [0.15, 0.2) is 60.7 Å². The normalized spacial score (nSPS) is 14.8. The highest BCUT2D eigenvalue weighted by Gasteiger charge is 2.49. The summed E-state index contributed by atoms with van der Waals surface area (Å²) in [7, 11) is -2.42. The molecular formula is C23H34O2Si. The minimum Gasteiger partial charge on any atom is -0.407 e. The third-order valence-corrected chi connectivity index (χ3v) is 10.1. The van der Waals surface area contributed by atoms with E-state index < -0.39 is 8.32 Å². The number of rotatable bonds is 8. The molecule has 0 fully saturated rings. The van der Waals surface area contributed by atoms with E-state index in [-0.39, 0.29) is 11.1 Å². The molecule has 1 unspecified atom stereocenters. The van der Waals surface area contributed by atoms with Crippen LogP contribution < -0.4 is 10.4 Å². The van der Waals surface area contributed by atoms with Crippen molar-refractivity contribution < 1.29 is 9.53 Å². The van der Waals surface area contributed by atoms with E-state index in [2.05, 4.69) is 88.4 Å². The van der Waals surface area contributed by atoms with Crippen LogP contribution in [-0.2, 0) is 4.43 Å². The summed E-state index contributed by atoms with van der Waals surface area (Å²) >= 11 is 0. The fraction of sp³-hybridized carbons (Fsp3) is 0.478. The van der Waals surface area contributed by atoms with Gasteiger partial charge in [0.15, 0.2) is 0 Å². The first-order valence-corrected chi connectivity index (χ1v) is 11.6. The molecule has 0 spiro atoms. The summed E-state index contributed by atoms with van der Waals surface area (Å²) in [4.78, 5) is 0. The Morgan fingerprint density at radius 1 is 0.885 bits per heavy atom. The summed E-state index contributed by atoms with van der Waals surface area (Å²) in [6, 6.07) is 21.5. The number of benzene rings is 2. The smallest absolute Gasteiger partial charge is 0.261 e. The third-order valence-electron chi connectivity index (χ3n) is 5.09. The lowest BCUT2D eigenvalue weighted by Gasteiger charge is -2.43. The van der Waals surface area contributed by atoms with Gasteiger partial charge in [-0.2, -0.15) is 0 Å². The lowest BCUT2D eigenvalue weighted by Crippen LogP contribution is -2.66. The van der Waals surface area contributed by atoms with Crippen LogP contribution in [0.3, 0.4) is 0 Å². The zero-order valence-corrected chi connectivity index (χ0v) is 17.9. The highest BCUT2D eigenvalue weighted by molar-refractivity contribution is 6.99. The Labute approximate surface area is 160 Å². The monoisotopic (exact) mass is 370 g/mol. The zero-order chi connectivity index (χ0) is 19.2. The van der Waals surface area contributed by atoms with Crippen LogP contribution in [0.4, 0.5) is 0 Å². The second-order valence-electron chi connectivity index (χ2n) is 8.49. The quantitative estimate of drug-likeness (QED) is 0.700. The topological polar surface area (TPSA) is 29.5 Å². The standard InChI is InChI=1S/C23H34O2Si/c1-19(18-20(2)24)16-17-25-26(23(3,4)5,21-12-8-6-9-13-21)22-14-10-7-11-15-22/h6-15,19-20,24H,16-18H2,1-5H3/t19-,20?/m1/s1. The summed E-state index contributed by atoms with van der Waals surface area (Å²) < 4.78 is 6.88. The van der Waals surface area contributed by atoms with Gasteiger partial charge in [0.25, 0.3) is 8.32 Å². The molecule has 0 radical (unpaired) electrons. The van der Waals surface area contributed by atoms with Crippen molar-refractivity contribution in [2.45, 2.75) is 58.6 Å². The SMILES string of the molecule is CC(O)C[C@H](C)CCO[Si](c1ccccc1)(c1ccccc1)C(C)(C)C. The molecule has 26 heavy (non-hydrogen) atoms. The fourth-order valence-electron chi connectivity index (χ4n) is 3.87. The van der Waals surface area contributed by atoms with Gasteiger partial charge in [0.2, 0.25) is 0 Å². The van der Waals surface area contributed by atoms with Crippen molar-refractivity contribution in [1.29, 1.82) is 0 Å². The van der Waals surface area contributed by atoms with E-state index >= 15 is 0 Å². The Balaban J connectivity index is 2.38. The maximum atomic E-state index is 9.64. The van der Waals surface area contributed by atoms with Gasteiger partial charge in [-0.15, -0.1) is 0 Å². The maximum absolute atomic E-state index is 9.64. The summed E-state index contributed by atoms with van der Waals surface area (Å²) in [5, 5.41) is 12.3. The number of aliphatic hydroxyl groups excluding tert-OH is 1. The fourth-order valence-corrected chi connectivity index (χ4v) is 8.45. The molecule has 0 aliphatic carbocycles. The van der Waals surface area contributed by atoms with E-state index in [9.17, 15) is 5.11 Å². The van der Waals surface area contributed by atoms with Crippen LogP contribution in [0.25, 0.3) is 0 Å². The lowest BCUT2D eigenvalue weighted by atomic mass is 10.0. The molecule has 0 aliphatic heterocycles. The maximum Gasteiger partial charge on any atom is 0.261 e.